The Morgan fingerprint density at radius 3 is 2.26 bits per heavy atom. The summed E-state index contributed by atoms with van der Waals surface area (Å²) in [6.07, 6.45) is -5.40. The predicted octanol–water partition coefficient (Wildman–Crippen LogP) is 2.91. The number of halogens is 3. The van der Waals surface area contributed by atoms with Gasteiger partial charge in [-0.2, -0.15) is 0 Å². The Kier molecular flexibility index (Phi) is 5.62. The number of aliphatic hydroxyl groups is 1. The van der Waals surface area contributed by atoms with Crippen LogP contribution < -0.4 is 4.74 Å². The van der Waals surface area contributed by atoms with Crippen LogP contribution in [0, 0.1) is 0 Å². The van der Waals surface area contributed by atoms with Crippen LogP contribution in [0.15, 0.2) is 24.3 Å². The molecule has 0 fully saturated rings. The van der Waals surface area contributed by atoms with Crippen molar-refractivity contribution in [2.24, 2.45) is 0 Å². The fraction of sp³-hybridized carbons (Fsp3) is 0.538. The maximum Gasteiger partial charge on any atom is 0.573 e. The second kappa shape index (κ2) is 6.77. The third-order valence-corrected chi connectivity index (χ3v) is 2.57. The Morgan fingerprint density at radius 2 is 1.79 bits per heavy atom. The molecule has 2 unspecified atom stereocenters. The van der Waals surface area contributed by atoms with E-state index < -0.39 is 12.5 Å². The highest BCUT2D eigenvalue weighted by atomic mass is 19.4. The highest BCUT2D eigenvalue weighted by Gasteiger charge is 2.30. The van der Waals surface area contributed by atoms with E-state index in [0.29, 0.717) is 18.6 Å². The smallest absolute Gasteiger partial charge is 0.406 e. The first kappa shape index (κ1) is 15.8. The minimum Gasteiger partial charge on any atom is -0.406 e. The van der Waals surface area contributed by atoms with Crippen molar-refractivity contribution in [1.29, 1.82) is 0 Å². The van der Waals surface area contributed by atoms with E-state index >= 15 is 0 Å². The van der Waals surface area contributed by atoms with Crippen LogP contribution in [0.4, 0.5) is 13.2 Å². The standard InChI is InChI=1S/C13H17F3O3/c1-3-18-9(2)12(17)8-10-4-6-11(7-5-10)19-13(14,15)16/h4-7,9,12,17H,3,8H2,1-2H3. The first-order valence-corrected chi connectivity index (χ1v) is 5.96. The van der Waals surface area contributed by atoms with Gasteiger partial charge in [-0.1, -0.05) is 12.1 Å². The molecule has 0 saturated heterocycles. The van der Waals surface area contributed by atoms with Gasteiger partial charge in [0.1, 0.15) is 5.75 Å². The molecule has 1 aromatic carbocycles. The van der Waals surface area contributed by atoms with Gasteiger partial charge in [-0.15, -0.1) is 13.2 Å². The fourth-order valence-electron chi connectivity index (χ4n) is 1.61. The summed E-state index contributed by atoms with van der Waals surface area (Å²) in [4.78, 5) is 0. The number of benzene rings is 1. The van der Waals surface area contributed by atoms with Crippen molar-refractivity contribution in [1.82, 2.24) is 0 Å². The molecule has 6 heteroatoms. The number of rotatable bonds is 6. The molecule has 0 spiro atoms. The summed E-state index contributed by atoms with van der Waals surface area (Å²) in [5.41, 5.74) is 0.716. The van der Waals surface area contributed by atoms with Crippen LogP contribution in [0.5, 0.6) is 5.75 Å². The largest absolute Gasteiger partial charge is 0.573 e. The molecule has 1 aromatic rings. The molecule has 2 atom stereocenters. The Bertz CT molecular complexity index is 376. The summed E-state index contributed by atoms with van der Waals surface area (Å²) in [7, 11) is 0. The normalized spacial score (nSPS) is 15.1. The van der Waals surface area contributed by atoms with Crippen molar-refractivity contribution in [2.75, 3.05) is 6.61 Å². The monoisotopic (exact) mass is 278 g/mol. The fourth-order valence-corrected chi connectivity index (χ4v) is 1.61. The maximum absolute atomic E-state index is 12.0. The van der Waals surface area contributed by atoms with Crippen LogP contribution in [0.3, 0.4) is 0 Å². The third-order valence-electron chi connectivity index (χ3n) is 2.57. The zero-order chi connectivity index (χ0) is 14.5. The lowest BCUT2D eigenvalue weighted by atomic mass is 10.0. The molecule has 0 bridgehead atoms. The highest BCUT2D eigenvalue weighted by molar-refractivity contribution is 5.27. The number of aliphatic hydroxyl groups excluding tert-OH is 1. The first-order valence-electron chi connectivity index (χ1n) is 5.96. The zero-order valence-corrected chi connectivity index (χ0v) is 10.8. The van der Waals surface area contributed by atoms with Gasteiger partial charge < -0.3 is 14.6 Å². The van der Waals surface area contributed by atoms with Crippen LogP contribution in [0.25, 0.3) is 0 Å². The van der Waals surface area contributed by atoms with Gasteiger partial charge in [0.05, 0.1) is 12.2 Å². The van der Waals surface area contributed by atoms with E-state index in [-0.39, 0.29) is 11.9 Å². The molecule has 0 amide bonds. The van der Waals surface area contributed by atoms with Crippen LogP contribution in [0.1, 0.15) is 19.4 Å². The molecule has 108 valence electrons. The van der Waals surface area contributed by atoms with Crippen LogP contribution >= 0.6 is 0 Å². The van der Waals surface area contributed by atoms with Gasteiger partial charge in [0, 0.05) is 13.0 Å². The molecule has 0 saturated carbocycles. The number of hydrogen-bond donors (Lipinski definition) is 1. The maximum atomic E-state index is 12.0. The lowest BCUT2D eigenvalue weighted by Crippen LogP contribution is -2.28. The summed E-state index contributed by atoms with van der Waals surface area (Å²) in [5.74, 6) is -0.274. The van der Waals surface area contributed by atoms with Crippen molar-refractivity contribution in [2.45, 2.75) is 38.8 Å². The molecule has 0 aliphatic heterocycles. The van der Waals surface area contributed by atoms with Crippen LogP contribution in [-0.4, -0.2) is 30.3 Å². The van der Waals surface area contributed by atoms with Gasteiger partial charge >= 0.3 is 6.36 Å². The van der Waals surface area contributed by atoms with Gasteiger partial charge in [0.15, 0.2) is 0 Å². The summed E-state index contributed by atoms with van der Waals surface area (Å²) < 4.78 is 44.9. The number of alkyl halides is 3. The minimum atomic E-state index is -4.69. The molecule has 0 aliphatic carbocycles. The molecule has 0 radical (unpaired) electrons. The lowest BCUT2D eigenvalue weighted by molar-refractivity contribution is -0.274. The lowest BCUT2D eigenvalue weighted by Gasteiger charge is -2.18. The van der Waals surface area contributed by atoms with E-state index in [4.69, 9.17) is 4.74 Å². The average Bonchev–Trinajstić information content (AvgIpc) is 2.30. The van der Waals surface area contributed by atoms with Crippen molar-refractivity contribution in [3.05, 3.63) is 29.8 Å². The minimum absolute atomic E-state index is 0.274. The molecular formula is C13H17F3O3. The Labute approximate surface area is 110 Å². The van der Waals surface area contributed by atoms with Crippen LogP contribution in [-0.2, 0) is 11.2 Å². The van der Waals surface area contributed by atoms with Crippen molar-refractivity contribution < 1.29 is 27.8 Å². The van der Waals surface area contributed by atoms with Gasteiger partial charge in [0.2, 0.25) is 0 Å². The molecule has 0 aromatic heterocycles. The molecule has 1 N–H and O–H groups in total. The number of hydrogen-bond acceptors (Lipinski definition) is 3. The van der Waals surface area contributed by atoms with Crippen molar-refractivity contribution in [3.63, 3.8) is 0 Å². The number of ether oxygens (including phenoxy) is 2. The SMILES string of the molecule is CCOC(C)C(O)Cc1ccc(OC(F)(F)F)cc1. The van der Waals surface area contributed by atoms with Crippen molar-refractivity contribution in [3.8, 4) is 5.75 Å². The zero-order valence-electron chi connectivity index (χ0n) is 10.8. The summed E-state index contributed by atoms with van der Waals surface area (Å²) in [6.45, 7) is 4.07. The predicted molar refractivity (Wildman–Crippen MR) is 63.9 cm³/mol. The van der Waals surface area contributed by atoms with Gasteiger partial charge in [0.25, 0.3) is 0 Å². The van der Waals surface area contributed by atoms with E-state index in [2.05, 4.69) is 4.74 Å². The second-order valence-corrected chi connectivity index (χ2v) is 4.12. The van der Waals surface area contributed by atoms with Crippen LogP contribution in [0.2, 0.25) is 0 Å². The summed E-state index contributed by atoms with van der Waals surface area (Å²) >= 11 is 0. The molecule has 19 heavy (non-hydrogen) atoms. The van der Waals surface area contributed by atoms with Gasteiger partial charge in [-0.25, -0.2) is 0 Å². The van der Waals surface area contributed by atoms with Gasteiger partial charge in [-0.05, 0) is 31.5 Å². The summed E-state index contributed by atoms with van der Waals surface area (Å²) in [5, 5.41) is 9.82. The Balaban J connectivity index is 2.57. The van der Waals surface area contributed by atoms with E-state index in [1.165, 1.54) is 24.3 Å². The third kappa shape index (κ3) is 5.94. The molecule has 0 aliphatic rings. The quantitative estimate of drug-likeness (QED) is 0.869. The Hall–Kier alpha value is -1.27. The van der Waals surface area contributed by atoms with E-state index in [0.717, 1.165) is 0 Å². The second-order valence-electron chi connectivity index (χ2n) is 4.12. The highest BCUT2D eigenvalue weighted by Crippen LogP contribution is 2.23. The average molecular weight is 278 g/mol. The van der Waals surface area contributed by atoms with E-state index in [1.54, 1.807) is 6.92 Å². The van der Waals surface area contributed by atoms with E-state index in [1.807, 2.05) is 6.92 Å². The molecular weight excluding hydrogens is 261 g/mol. The molecule has 3 nitrogen and oxygen atoms in total. The Morgan fingerprint density at radius 1 is 1.21 bits per heavy atom. The van der Waals surface area contributed by atoms with Gasteiger partial charge in [-0.3, -0.25) is 0 Å². The molecule has 1 rings (SSSR count). The van der Waals surface area contributed by atoms with E-state index in [9.17, 15) is 18.3 Å². The van der Waals surface area contributed by atoms with Crippen molar-refractivity contribution >= 4 is 0 Å². The summed E-state index contributed by atoms with van der Waals surface area (Å²) in [6, 6.07) is 5.42. The first-order chi connectivity index (χ1) is 8.81. The topological polar surface area (TPSA) is 38.7 Å². The molecule has 0 heterocycles.